The zero-order chi connectivity index (χ0) is 10.7. The lowest BCUT2D eigenvalue weighted by Crippen LogP contribution is -2.02. The molecule has 1 atom stereocenters. The second kappa shape index (κ2) is 4.47. The summed E-state index contributed by atoms with van der Waals surface area (Å²) < 4.78 is 0. The van der Waals surface area contributed by atoms with Gasteiger partial charge in [-0.1, -0.05) is 26.0 Å². The Kier molecular flexibility index (Phi) is 3.53. The summed E-state index contributed by atoms with van der Waals surface area (Å²) in [5, 5.41) is 19.4. The molecule has 78 valence electrons. The van der Waals surface area contributed by atoms with Crippen molar-refractivity contribution in [2.75, 3.05) is 0 Å². The molecule has 0 fully saturated rings. The van der Waals surface area contributed by atoms with Crippen LogP contribution >= 0.6 is 0 Å². The van der Waals surface area contributed by atoms with Crippen molar-refractivity contribution in [2.45, 2.75) is 33.3 Å². The van der Waals surface area contributed by atoms with Crippen molar-refractivity contribution in [1.29, 1.82) is 0 Å². The molecule has 0 aliphatic carbocycles. The number of aryl methyl sites for hydroxylation is 1. The fourth-order valence-electron chi connectivity index (χ4n) is 1.51. The van der Waals surface area contributed by atoms with Gasteiger partial charge in [0.1, 0.15) is 5.75 Å². The first-order valence-corrected chi connectivity index (χ1v) is 4.98. The number of benzene rings is 1. The first-order valence-electron chi connectivity index (χ1n) is 4.98. The highest BCUT2D eigenvalue weighted by Gasteiger charge is 2.13. The van der Waals surface area contributed by atoms with Gasteiger partial charge < -0.3 is 10.2 Å². The van der Waals surface area contributed by atoms with E-state index in [-0.39, 0.29) is 5.75 Å². The molecule has 0 saturated carbocycles. The van der Waals surface area contributed by atoms with E-state index in [1.807, 2.05) is 13.0 Å². The Hall–Kier alpha value is -1.02. The lowest BCUT2D eigenvalue weighted by molar-refractivity contribution is 0.148. The standard InChI is InChI=1S/C12H18O2/c1-8(2)6-11(13)10-5-4-9(3)7-12(10)14/h4-5,7-8,11,13-14H,6H2,1-3H3. The van der Waals surface area contributed by atoms with Gasteiger partial charge in [0, 0.05) is 5.56 Å². The van der Waals surface area contributed by atoms with E-state index in [0.717, 1.165) is 5.56 Å². The number of hydrogen-bond acceptors (Lipinski definition) is 2. The van der Waals surface area contributed by atoms with E-state index in [1.165, 1.54) is 0 Å². The third-order valence-corrected chi connectivity index (χ3v) is 2.24. The second-order valence-corrected chi connectivity index (χ2v) is 4.21. The van der Waals surface area contributed by atoms with Crippen LogP contribution in [0.4, 0.5) is 0 Å². The smallest absolute Gasteiger partial charge is 0.121 e. The molecule has 0 aliphatic rings. The van der Waals surface area contributed by atoms with Gasteiger partial charge in [0.25, 0.3) is 0 Å². The molecule has 0 aliphatic heterocycles. The maximum atomic E-state index is 9.80. The highest BCUT2D eigenvalue weighted by Crippen LogP contribution is 2.29. The summed E-state index contributed by atoms with van der Waals surface area (Å²) in [6.07, 6.45) is 0.118. The van der Waals surface area contributed by atoms with Gasteiger partial charge in [-0.2, -0.15) is 0 Å². The van der Waals surface area contributed by atoms with Crippen molar-refractivity contribution < 1.29 is 10.2 Å². The average Bonchev–Trinajstić information content (AvgIpc) is 2.01. The van der Waals surface area contributed by atoms with Crippen molar-refractivity contribution in [2.24, 2.45) is 5.92 Å². The zero-order valence-corrected chi connectivity index (χ0v) is 8.99. The van der Waals surface area contributed by atoms with Gasteiger partial charge in [-0.25, -0.2) is 0 Å². The molecule has 0 spiro atoms. The van der Waals surface area contributed by atoms with Gasteiger partial charge in [-0.3, -0.25) is 0 Å². The van der Waals surface area contributed by atoms with Crippen LogP contribution in [0.3, 0.4) is 0 Å². The minimum absolute atomic E-state index is 0.193. The molecule has 0 heterocycles. The van der Waals surface area contributed by atoms with Crippen molar-refractivity contribution in [3.63, 3.8) is 0 Å². The molecule has 1 unspecified atom stereocenters. The predicted octanol–water partition coefficient (Wildman–Crippen LogP) is 2.78. The zero-order valence-electron chi connectivity index (χ0n) is 8.99. The van der Waals surface area contributed by atoms with Gasteiger partial charge >= 0.3 is 0 Å². The molecule has 0 amide bonds. The van der Waals surface area contributed by atoms with Crippen molar-refractivity contribution >= 4 is 0 Å². The topological polar surface area (TPSA) is 40.5 Å². The van der Waals surface area contributed by atoms with E-state index in [0.29, 0.717) is 17.9 Å². The van der Waals surface area contributed by atoms with E-state index < -0.39 is 6.10 Å². The van der Waals surface area contributed by atoms with Crippen LogP contribution in [-0.2, 0) is 0 Å². The number of aromatic hydroxyl groups is 1. The highest BCUT2D eigenvalue weighted by atomic mass is 16.3. The average molecular weight is 194 g/mol. The first-order chi connectivity index (χ1) is 6.50. The number of aliphatic hydroxyl groups is 1. The molecule has 14 heavy (non-hydrogen) atoms. The Morgan fingerprint density at radius 2 is 1.93 bits per heavy atom. The largest absolute Gasteiger partial charge is 0.508 e. The summed E-state index contributed by atoms with van der Waals surface area (Å²) in [7, 11) is 0. The van der Waals surface area contributed by atoms with Gasteiger partial charge in [0.15, 0.2) is 0 Å². The maximum Gasteiger partial charge on any atom is 0.121 e. The van der Waals surface area contributed by atoms with Crippen LogP contribution in [0, 0.1) is 12.8 Å². The lowest BCUT2D eigenvalue weighted by Gasteiger charge is -2.14. The molecular formula is C12H18O2. The Balaban J connectivity index is 2.84. The fourth-order valence-corrected chi connectivity index (χ4v) is 1.51. The molecule has 0 aromatic heterocycles. The van der Waals surface area contributed by atoms with Crippen molar-refractivity contribution in [3.8, 4) is 5.75 Å². The number of hydrogen-bond donors (Lipinski definition) is 2. The predicted molar refractivity (Wildman–Crippen MR) is 57.3 cm³/mol. The third-order valence-electron chi connectivity index (χ3n) is 2.24. The number of aliphatic hydroxyl groups excluding tert-OH is 1. The van der Waals surface area contributed by atoms with Crippen LogP contribution in [0.15, 0.2) is 18.2 Å². The van der Waals surface area contributed by atoms with Crippen molar-refractivity contribution in [3.05, 3.63) is 29.3 Å². The van der Waals surface area contributed by atoms with Crippen LogP contribution in [0.2, 0.25) is 0 Å². The molecule has 0 bridgehead atoms. The quantitative estimate of drug-likeness (QED) is 0.776. The summed E-state index contributed by atoms with van der Waals surface area (Å²) in [4.78, 5) is 0. The number of phenols is 1. The molecule has 0 saturated heterocycles. The third kappa shape index (κ3) is 2.74. The van der Waals surface area contributed by atoms with Crippen LogP contribution in [0.25, 0.3) is 0 Å². The van der Waals surface area contributed by atoms with Crippen LogP contribution in [0.1, 0.15) is 37.5 Å². The first kappa shape index (κ1) is 11.1. The molecule has 2 heteroatoms. The van der Waals surface area contributed by atoms with E-state index in [4.69, 9.17) is 0 Å². The second-order valence-electron chi connectivity index (χ2n) is 4.21. The van der Waals surface area contributed by atoms with Gasteiger partial charge in [-0.05, 0) is 30.9 Å². The number of rotatable bonds is 3. The van der Waals surface area contributed by atoms with Gasteiger partial charge in [-0.15, -0.1) is 0 Å². The minimum atomic E-state index is -0.560. The summed E-state index contributed by atoms with van der Waals surface area (Å²) in [6, 6.07) is 5.37. The summed E-state index contributed by atoms with van der Waals surface area (Å²) >= 11 is 0. The highest BCUT2D eigenvalue weighted by molar-refractivity contribution is 5.37. The number of phenolic OH excluding ortho intramolecular Hbond substituents is 1. The maximum absolute atomic E-state index is 9.80. The summed E-state index contributed by atoms with van der Waals surface area (Å²) in [5.74, 6) is 0.615. The molecule has 0 radical (unpaired) electrons. The lowest BCUT2D eigenvalue weighted by atomic mass is 9.98. The van der Waals surface area contributed by atoms with E-state index in [9.17, 15) is 10.2 Å². The molecular weight excluding hydrogens is 176 g/mol. The normalized spacial score (nSPS) is 13.2. The van der Waals surface area contributed by atoms with Gasteiger partial charge in [0.05, 0.1) is 6.10 Å². The van der Waals surface area contributed by atoms with E-state index in [1.54, 1.807) is 12.1 Å². The van der Waals surface area contributed by atoms with E-state index in [2.05, 4.69) is 13.8 Å². The molecule has 1 aromatic rings. The van der Waals surface area contributed by atoms with Gasteiger partial charge in [0.2, 0.25) is 0 Å². The molecule has 2 N–H and O–H groups in total. The van der Waals surface area contributed by atoms with Crippen LogP contribution < -0.4 is 0 Å². The van der Waals surface area contributed by atoms with E-state index >= 15 is 0 Å². The summed E-state index contributed by atoms with van der Waals surface area (Å²) in [5.41, 5.74) is 1.63. The van der Waals surface area contributed by atoms with Crippen LogP contribution in [-0.4, -0.2) is 10.2 Å². The molecule has 2 nitrogen and oxygen atoms in total. The Morgan fingerprint density at radius 1 is 1.29 bits per heavy atom. The molecule has 1 rings (SSSR count). The Bertz CT molecular complexity index is 305. The van der Waals surface area contributed by atoms with Crippen molar-refractivity contribution in [1.82, 2.24) is 0 Å². The fraction of sp³-hybridized carbons (Fsp3) is 0.500. The Morgan fingerprint density at radius 3 is 2.43 bits per heavy atom. The minimum Gasteiger partial charge on any atom is -0.508 e. The molecule has 1 aromatic carbocycles. The summed E-state index contributed by atoms with van der Waals surface area (Å²) in [6.45, 7) is 6.02. The monoisotopic (exact) mass is 194 g/mol. The Labute approximate surface area is 85.2 Å². The van der Waals surface area contributed by atoms with Crippen LogP contribution in [0.5, 0.6) is 5.75 Å². The SMILES string of the molecule is Cc1ccc(C(O)CC(C)C)c(O)c1.